The zero-order valence-electron chi connectivity index (χ0n) is 22.9. The number of aldehydes is 1. The minimum atomic E-state index is -1.14. The van der Waals surface area contributed by atoms with Gasteiger partial charge in [-0.3, -0.25) is 14.4 Å². The number of hydrogen-bond donors (Lipinski definition) is 3. The Balaban J connectivity index is 1.67. The fraction of sp³-hybridized carbons (Fsp3) is 0.621. The van der Waals surface area contributed by atoms with Crippen molar-refractivity contribution < 1.29 is 38.8 Å². The molecule has 2 fully saturated rings. The van der Waals surface area contributed by atoms with Gasteiger partial charge < -0.3 is 34.6 Å². The standard InChI is InChI=1S/C29H39IN2O8/c1-38-25-12-19(17-34)11-22(30)28(25)40-24-15-20(29(37)31-8-9-33)14-23(27(24)36)32(16-21-7-4-10-39-21)26(35)13-18-5-2-3-6-18/h11-12,15,17-18,21,23-24,27,33,36H,2-10,13-14,16H2,1H3,(H,31,37)/t21-,23+,24-,27-/m0/s1. The molecule has 1 saturated carbocycles. The quantitative estimate of drug-likeness (QED) is 0.229. The number of nitrogens with zero attached hydrogens (tertiary/aromatic N) is 1. The number of nitrogens with one attached hydrogen (secondary N) is 1. The minimum Gasteiger partial charge on any atom is -0.493 e. The van der Waals surface area contributed by atoms with Crippen molar-refractivity contribution in [2.24, 2.45) is 5.92 Å². The van der Waals surface area contributed by atoms with Crippen molar-refractivity contribution in [3.63, 3.8) is 0 Å². The van der Waals surface area contributed by atoms with Crippen LogP contribution < -0.4 is 14.8 Å². The van der Waals surface area contributed by atoms with E-state index in [-0.39, 0.29) is 31.6 Å². The molecule has 0 spiro atoms. The van der Waals surface area contributed by atoms with Crippen LogP contribution in [0.3, 0.4) is 0 Å². The minimum absolute atomic E-state index is 0.0512. The lowest BCUT2D eigenvalue weighted by Crippen LogP contribution is -2.56. The average molecular weight is 671 g/mol. The van der Waals surface area contributed by atoms with E-state index in [1.54, 1.807) is 23.1 Å². The first-order valence-corrected chi connectivity index (χ1v) is 15.1. The first-order chi connectivity index (χ1) is 19.3. The van der Waals surface area contributed by atoms with Gasteiger partial charge in [0, 0.05) is 43.7 Å². The zero-order chi connectivity index (χ0) is 28.6. The Morgan fingerprint density at radius 1 is 1.23 bits per heavy atom. The number of aliphatic hydroxyl groups excluding tert-OH is 2. The molecule has 0 aromatic heterocycles. The first kappa shape index (κ1) is 30.7. The maximum atomic E-state index is 13.8. The van der Waals surface area contributed by atoms with Gasteiger partial charge >= 0.3 is 0 Å². The lowest BCUT2D eigenvalue weighted by Gasteiger charge is -2.41. The second kappa shape index (κ2) is 14.6. The van der Waals surface area contributed by atoms with Gasteiger partial charge in [-0.1, -0.05) is 12.8 Å². The number of benzene rings is 1. The van der Waals surface area contributed by atoms with Gasteiger partial charge in [0.2, 0.25) is 11.8 Å². The number of hydrogen-bond acceptors (Lipinski definition) is 8. The molecule has 11 heteroatoms. The summed E-state index contributed by atoms with van der Waals surface area (Å²) >= 11 is 2.03. The predicted octanol–water partition coefficient (Wildman–Crippen LogP) is 2.62. The topological polar surface area (TPSA) is 135 Å². The molecule has 1 aromatic carbocycles. The Morgan fingerprint density at radius 3 is 2.65 bits per heavy atom. The molecule has 1 aliphatic heterocycles. The second-order valence-electron chi connectivity index (χ2n) is 10.7. The van der Waals surface area contributed by atoms with E-state index in [9.17, 15) is 24.6 Å². The number of amides is 2. The Hall–Kier alpha value is -2.22. The molecule has 2 amide bonds. The van der Waals surface area contributed by atoms with Crippen molar-refractivity contribution >= 4 is 40.7 Å². The van der Waals surface area contributed by atoms with E-state index in [2.05, 4.69) is 5.32 Å². The summed E-state index contributed by atoms with van der Waals surface area (Å²) < 4.78 is 18.2. The van der Waals surface area contributed by atoms with Crippen molar-refractivity contribution in [1.82, 2.24) is 10.2 Å². The van der Waals surface area contributed by atoms with Gasteiger partial charge in [0.05, 0.1) is 29.4 Å². The van der Waals surface area contributed by atoms with Gasteiger partial charge in [-0.25, -0.2) is 0 Å². The highest BCUT2D eigenvalue weighted by atomic mass is 127. The SMILES string of the molecule is COc1cc(C=O)cc(I)c1O[C@H]1C=C(C(=O)NCCO)C[C@@H](N(C[C@@H]2CCCO2)C(=O)CC2CCCC2)[C@@H]1O. The van der Waals surface area contributed by atoms with Gasteiger partial charge in [-0.15, -0.1) is 0 Å². The maximum absolute atomic E-state index is 13.8. The zero-order valence-corrected chi connectivity index (χ0v) is 25.0. The molecule has 4 rings (SSSR count). The van der Waals surface area contributed by atoms with Crippen molar-refractivity contribution in [2.75, 3.05) is 33.4 Å². The van der Waals surface area contributed by atoms with Crippen molar-refractivity contribution in [3.8, 4) is 11.5 Å². The van der Waals surface area contributed by atoms with E-state index in [0.29, 0.717) is 58.0 Å². The van der Waals surface area contributed by atoms with Crippen LogP contribution in [0.1, 0.15) is 61.7 Å². The van der Waals surface area contributed by atoms with Crippen LogP contribution >= 0.6 is 22.6 Å². The molecule has 1 aromatic rings. The van der Waals surface area contributed by atoms with E-state index in [1.807, 2.05) is 22.6 Å². The number of methoxy groups -OCH3 is 1. The molecular weight excluding hydrogens is 631 g/mol. The summed E-state index contributed by atoms with van der Waals surface area (Å²) in [7, 11) is 1.46. The monoisotopic (exact) mass is 670 g/mol. The number of carbonyl (C=O) groups excluding carboxylic acids is 3. The molecule has 0 radical (unpaired) electrons. The van der Waals surface area contributed by atoms with Crippen molar-refractivity contribution in [2.45, 2.75) is 75.7 Å². The molecular formula is C29H39IN2O8. The highest BCUT2D eigenvalue weighted by Crippen LogP contribution is 2.37. The molecule has 1 heterocycles. The third-order valence-electron chi connectivity index (χ3n) is 7.94. The van der Waals surface area contributed by atoms with Crippen LogP contribution in [0, 0.1) is 9.49 Å². The van der Waals surface area contributed by atoms with Crippen LogP contribution in [0.2, 0.25) is 0 Å². The maximum Gasteiger partial charge on any atom is 0.247 e. The second-order valence-corrected chi connectivity index (χ2v) is 11.9. The average Bonchev–Trinajstić information content (AvgIpc) is 3.67. The highest BCUT2D eigenvalue weighted by molar-refractivity contribution is 14.1. The van der Waals surface area contributed by atoms with Crippen LogP contribution in [-0.4, -0.2) is 91.0 Å². The summed E-state index contributed by atoms with van der Waals surface area (Å²) in [5.74, 6) is 0.518. The van der Waals surface area contributed by atoms with E-state index in [0.717, 1.165) is 38.5 Å². The van der Waals surface area contributed by atoms with Crippen LogP contribution in [0.15, 0.2) is 23.8 Å². The number of aliphatic hydroxyl groups is 2. The fourth-order valence-electron chi connectivity index (χ4n) is 5.85. The van der Waals surface area contributed by atoms with Crippen LogP contribution in [0.4, 0.5) is 0 Å². The number of rotatable bonds is 12. The summed E-state index contributed by atoms with van der Waals surface area (Å²) in [5, 5.41) is 23.6. The van der Waals surface area contributed by atoms with Crippen molar-refractivity contribution in [3.05, 3.63) is 32.9 Å². The highest BCUT2D eigenvalue weighted by Gasteiger charge is 2.42. The van der Waals surface area contributed by atoms with Gasteiger partial charge in [-0.05, 0) is 72.4 Å². The molecule has 0 unspecified atom stereocenters. The summed E-state index contributed by atoms with van der Waals surface area (Å²) in [4.78, 5) is 39.9. The first-order valence-electron chi connectivity index (χ1n) is 14.0. The molecule has 220 valence electrons. The molecule has 3 aliphatic rings. The third kappa shape index (κ3) is 7.54. The summed E-state index contributed by atoms with van der Waals surface area (Å²) in [6, 6.07) is 2.47. The summed E-state index contributed by atoms with van der Waals surface area (Å²) in [6.07, 6.45) is 6.57. The summed E-state index contributed by atoms with van der Waals surface area (Å²) in [5.41, 5.74) is 0.772. The number of ether oxygens (including phenoxy) is 3. The van der Waals surface area contributed by atoms with Gasteiger partial charge in [0.25, 0.3) is 0 Å². The van der Waals surface area contributed by atoms with Gasteiger partial charge in [0.1, 0.15) is 18.5 Å². The molecule has 10 nitrogen and oxygen atoms in total. The van der Waals surface area contributed by atoms with Crippen LogP contribution in [0.25, 0.3) is 0 Å². The molecule has 40 heavy (non-hydrogen) atoms. The Kier molecular flexibility index (Phi) is 11.2. The van der Waals surface area contributed by atoms with E-state index in [1.165, 1.54) is 7.11 Å². The fourth-order valence-corrected chi connectivity index (χ4v) is 6.60. The molecule has 2 aliphatic carbocycles. The largest absolute Gasteiger partial charge is 0.493 e. The lowest BCUT2D eigenvalue weighted by molar-refractivity contribution is -0.141. The van der Waals surface area contributed by atoms with E-state index >= 15 is 0 Å². The Bertz CT molecular complexity index is 1080. The molecule has 1 saturated heterocycles. The molecule has 4 atom stereocenters. The van der Waals surface area contributed by atoms with E-state index in [4.69, 9.17) is 14.2 Å². The van der Waals surface area contributed by atoms with Crippen molar-refractivity contribution in [1.29, 1.82) is 0 Å². The summed E-state index contributed by atoms with van der Waals surface area (Å²) in [6.45, 7) is 0.834. The number of halogens is 1. The van der Waals surface area contributed by atoms with Crippen LogP contribution in [0.5, 0.6) is 11.5 Å². The smallest absolute Gasteiger partial charge is 0.247 e. The number of carbonyl (C=O) groups is 3. The lowest BCUT2D eigenvalue weighted by atomic mass is 9.87. The molecule has 0 bridgehead atoms. The molecule has 3 N–H and O–H groups in total. The van der Waals surface area contributed by atoms with Gasteiger partial charge in [0.15, 0.2) is 11.5 Å². The Labute approximate surface area is 248 Å². The predicted molar refractivity (Wildman–Crippen MR) is 155 cm³/mol. The third-order valence-corrected chi connectivity index (χ3v) is 8.74. The van der Waals surface area contributed by atoms with E-state index < -0.39 is 24.2 Å². The Morgan fingerprint density at radius 2 is 2.00 bits per heavy atom. The van der Waals surface area contributed by atoms with Gasteiger partial charge in [-0.2, -0.15) is 0 Å². The van der Waals surface area contributed by atoms with Crippen LogP contribution in [-0.2, 0) is 14.3 Å². The normalized spacial score (nSPS) is 24.9.